The second-order valence-electron chi connectivity index (χ2n) is 6.00. The molecule has 3 rings (SSSR count). The van der Waals surface area contributed by atoms with Crippen LogP contribution in [0.5, 0.6) is 0 Å². The minimum Gasteiger partial charge on any atom is -0.308 e. The molecule has 0 N–H and O–H groups in total. The highest BCUT2D eigenvalue weighted by Crippen LogP contribution is 2.32. The third-order valence-corrected chi connectivity index (χ3v) is 5.24. The number of fused-ring (bicyclic) bond motifs is 1. The number of halogens is 4. The third-order valence-electron chi connectivity index (χ3n) is 3.72. The highest BCUT2D eigenvalue weighted by Gasteiger charge is 2.22. The summed E-state index contributed by atoms with van der Waals surface area (Å²) in [5, 5.41) is 0.344. The van der Waals surface area contributed by atoms with Crippen molar-refractivity contribution in [2.75, 3.05) is 32.1 Å². The number of nitrogens with zero attached hydrogens (tertiary/aromatic N) is 3. The molecule has 0 aliphatic rings. The molecule has 0 fully saturated rings. The molecule has 0 bridgehead atoms. The van der Waals surface area contributed by atoms with Gasteiger partial charge in [-0.05, 0) is 38.4 Å². The van der Waals surface area contributed by atoms with Crippen LogP contribution in [0.3, 0.4) is 0 Å². The molecule has 1 amide bonds. The molecule has 9 heteroatoms. The van der Waals surface area contributed by atoms with Gasteiger partial charge in [0.15, 0.2) is 10.9 Å². The molecule has 1 heterocycles. The van der Waals surface area contributed by atoms with Gasteiger partial charge in [0.25, 0.3) is 5.91 Å². The molecule has 4 nitrogen and oxygen atoms in total. The Balaban J connectivity index is 0.00000261. The Morgan fingerprint density at radius 1 is 1.19 bits per heavy atom. The Kier molecular flexibility index (Phi) is 7.27. The lowest BCUT2D eigenvalue weighted by molar-refractivity contribution is 0.0985. The molecular weight excluding hydrogens is 460 g/mol. The number of aromatic nitrogens is 1. The Bertz CT molecular complexity index is 967. The predicted octanol–water partition coefficient (Wildman–Crippen LogP) is 4.97. The zero-order valence-electron chi connectivity index (χ0n) is 14.6. The lowest BCUT2D eigenvalue weighted by atomic mass is 10.2. The number of rotatable bonds is 5. The normalized spacial score (nSPS) is 10.9. The van der Waals surface area contributed by atoms with Crippen LogP contribution in [0.1, 0.15) is 10.4 Å². The van der Waals surface area contributed by atoms with E-state index in [2.05, 4.69) is 20.9 Å². The summed E-state index contributed by atoms with van der Waals surface area (Å²) in [6, 6.07) is 9.06. The van der Waals surface area contributed by atoms with Gasteiger partial charge in [0.2, 0.25) is 0 Å². The molecule has 2 aromatic carbocycles. The van der Waals surface area contributed by atoms with Crippen LogP contribution in [0.4, 0.5) is 13.9 Å². The van der Waals surface area contributed by atoms with Gasteiger partial charge in [-0.3, -0.25) is 9.69 Å². The summed E-state index contributed by atoms with van der Waals surface area (Å²) in [4.78, 5) is 20.7. The van der Waals surface area contributed by atoms with E-state index in [4.69, 9.17) is 0 Å². The Labute approximate surface area is 174 Å². The van der Waals surface area contributed by atoms with E-state index in [1.54, 1.807) is 18.2 Å². The molecule has 0 aliphatic carbocycles. The quantitative estimate of drug-likeness (QED) is 0.522. The number of carbonyl (C=O) groups is 1. The predicted molar refractivity (Wildman–Crippen MR) is 111 cm³/mol. The second kappa shape index (κ2) is 9.05. The molecule has 27 heavy (non-hydrogen) atoms. The van der Waals surface area contributed by atoms with Crippen molar-refractivity contribution in [3.63, 3.8) is 0 Å². The first-order chi connectivity index (χ1) is 12.3. The molecule has 3 aromatic rings. The zero-order valence-corrected chi connectivity index (χ0v) is 17.8. The van der Waals surface area contributed by atoms with E-state index in [1.165, 1.54) is 11.0 Å². The van der Waals surface area contributed by atoms with Crippen LogP contribution in [-0.2, 0) is 0 Å². The van der Waals surface area contributed by atoms with Gasteiger partial charge in [-0.2, -0.15) is 0 Å². The number of hydrogen-bond donors (Lipinski definition) is 0. The SMILES string of the molecule is CN(C)CCN(C(=O)c1cccc(Br)c1)c1nc2c(F)cc(F)cc2s1.Cl. The van der Waals surface area contributed by atoms with Crippen molar-refractivity contribution in [3.05, 3.63) is 58.1 Å². The first kappa shape index (κ1) is 21.7. The highest BCUT2D eigenvalue weighted by atomic mass is 79.9. The Morgan fingerprint density at radius 3 is 2.59 bits per heavy atom. The number of benzene rings is 2. The van der Waals surface area contributed by atoms with Crippen LogP contribution in [0.2, 0.25) is 0 Å². The maximum Gasteiger partial charge on any atom is 0.260 e. The number of amides is 1. The fraction of sp³-hybridized carbons (Fsp3) is 0.222. The van der Waals surface area contributed by atoms with Gasteiger partial charge in [0.1, 0.15) is 11.3 Å². The minimum absolute atomic E-state index is 0. The van der Waals surface area contributed by atoms with Crippen LogP contribution in [0, 0.1) is 11.6 Å². The van der Waals surface area contributed by atoms with Crippen LogP contribution in [-0.4, -0.2) is 43.0 Å². The van der Waals surface area contributed by atoms with E-state index in [-0.39, 0.29) is 23.8 Å². The van der Waals surface area contributed by atoms with Crippen LogP contribution in [0.15, 0.2) is 40.9 Å². The summed E-state index contributed by atoms with van der Waals surface area (Å²) in [5.41, 5.74) is 0.562. The molecule has 0 atom stereocenters. The van der Waals surface area contributed by atoms with Crippen LogP contribution < -0.4 is 4.90 Å². The Morgan fingerprint density at radius 2 is 1.93 bits per heavy atom. The fourth-order valence-electron chi connectivity index (χ4n) is 2.42. The van der Waals surface area contributed by atoms with Crippen molar-refractivity contribution in [1.29, 1.82) is 0 Å². The monoisotopic (exact) mass is 475 g/mol. The molecule has 0 aliphatic heterocycles. The highest BCUT2D eigenvalue weighted by molar-refractivity contribution is 9.10. The number of likely N-dealkylation sites (N-methyl/N-ethyl adjacent to an activating group) is 1. The second-order valence-corrected chi connectivity index (χ2v) is 7.93. The molecule has 0 spiro atoms. The molecular formula is C18H17BrClF2N3OS. The maximum absolute atomic E-state index is 14.0. The van der Waals surface area contributed by atoms with Crippen molar-refractivity contribution in [1.82, 2.24) is 9.88 Å². The fourth-order valence-corrected chi connectivity index (χ4v) is 3.85. The first-order valence-electron chi connectivity index (χ1n) is 7.83. The lowest BCUT2D eigenvalue weighted by Gasteiger charge is -2.22. The van der Waals surface area contributed by atoms with Crippen LogP contribution >= 0.6 is 39.7 Å². The molecule has 0 radical (unpaired) electrons. The van der Waals surface area contributed by atoms with E-state index in [1.807, 2.05) is 25.1 Å². The third kappa shape index (κ3) is 5.01. The van der Waals surface area contributed by atoms with Gasteiger partial charge < -0.3 is 4.90 Å². The minimum atomic E-state index is -0.732. The van der Waals surface area contributed by atoms with Crippen LogP contribution in [0.25, 0.3) is 10.2 Å². The van der Waals surface area contributed by atoms with Gasteiger partial charge in [0, 0.05) is 29.2 Å². The maximum atomic E-state index is 14.0. The van der Waals surface area contributed by atoms with Gasteiger partial charge in [0.05, 0.1) is 4.70 Å². The van der Waals surface area contributed by atoms with Crippen molar-refractivity contribution in [2.45, 2.75) is 0 Å². The summed E-state index contributed by atoms with van der Waals surface area (Å²) in [7, 11) is 3.80. The van der Waals surface area contributed by atoms with E-state index >= 15 is 0 Å². The number of anilines is 1. The molecule has 1 aromatic heterocycles. The Hall–Kier alpha value is -1.61. The average Bonchev–Trinajstić information content (AvgIpc) is 2.98. The average molecular weight is 477 g/mol. The summed E-state index contributed by atoms with van der Waals surface area (Å²) in [6.07, 6.45) is 0. The van der Waals surface area contributed by atoms with E-state index < -0.39 is 11.6 Å². The van der Waals surface area contributed by atoms with Crippen molar-refractivity contribution in [2.24, 2.45) is 0 Å². The zero-order chi connectivity index (χ0) is 18.8. The molecule has 144 valence electrons. The van der Waals surface area contributed by atoms with Crippen molar-refractivity contribution < 1.29 is 13.6 Å². The topological polar surface area (TPSA) is 36.4 Å². The number of hydrogen-bond acceptors (Lipinski definition) is 4. The first-order valence-corrected chi connectivity index (χ1v) is 9.44. The van der Waals surface area contributed by atoms with E-state index in [0.29, 0.717) is 28.5 Å². The molecule has 0 unspecified atom stereocenters. The number of carbonyl (C=O) groups excluding carboxylic acids is 1. The smallest absolute Gasteiger partial charge is 0.260 e. The van der Waals surface area contributed by atoms with Gasteiger partial charge in [-0.25, -0.2) is 13.8 Å². The van der Waals surface area contributed by atoms with Gasteiger partial charge in [-0.1, -0.05) is 33.3 Å². The van der Waals surface area contributed by atoms with E-state index in [9.17, 15) is 13.6 Å². The largest absolute Gasteiger partial charge is 0.308 e. The van der Waals surface area contributed by atoms with E-state index in [0.717, 1.165) is 21.9 Å². The summed E-state index contributed by atoms with van der Waals surface area (Å²) < 4.78 is 28.6. The summed E-state index contributed by atoms with van der Waals surface area (Å²) in [6.45, 7) is 0.981. The number of thiazole rings is 1. The van der Waals surface area contributed by atoms with Crippen molar-refractivity contribution in [3.8, 4) is 0 Å². The summed E-state index contributed by atoms with van der Waals surface area (Å²) in [5.74, 6) is -1.64. The molecule has 0 saturated carbocycles. The van der Waals surface area contributed by atoms with Crippen molar-refractivity contribution >= 4 is 60.9 Å². The lowest BCUT2D eigenvalue weighted by Crippen LogP contribution is -2.36. The summed E-state index contributed by atoms with van der Waals surface area (Å²) >= 11 is 4.46. The van der Waals surface area contributed by atoms with Gasteiger partial charge in [-0.15, -0.1) is 12.4 Å². The van der Waals surface area contributed by atoms with Gasteiger partial charge >= 0.3 is 0 Å². The standard InChI is InChI=1S/C18H16BrF2N3OS.ClH/c1-23(2)6-7-24(17(25)11-4-3-5-12(19)8-11)18-22-16-14(21)9-13(20)10-15(16)26-18;/h3-5,8-10H,6-7H2,1-2H3;1H. The molecule has 0 saturated heterocycles.